The largest absolute Gasteiger partial charge is 0.382 e. The second-order valence-electron chi connectivity index (χ2n) is 14.0. The van der Waals surface area contributed by atoms with Crippen LogP contribution in [0.1, 0.15) is 72.1 Å². The van der Waals surface area contributed by atoms with Crippen molar-refractivity contribution in [3.05, 3.63) is 93.0 Å². The van der Waals surface area contributed by atoms with Crippen molar-refractivity contribution in [2.75, 3.05) is 12.0 Å². The van der Waals surface area contributed by atoms with E-state index in [1.807, 2.05) is 0 Å². The second-order valence-corrected chi connectivity index (χ2v) is 14.4. The Hall–Kier alpha value is -5.00. The number of nitrogen functional groups attached to an aromatic ring is 1. The summed E-state index contributed by atoms with van der Waals surface area (Å²) in [6.07, 6.45) is -7.31. The first kappa shape index (κ1) is 43.6. The highest BCUT2D eigenvalue weighted by Crippen LogP contribution is 2.52. The minimum Gasteiger partial charge on any atom is -0.382 e. The molecule has 3 heterocycles. The molecule has 1 atom stereocenters. The lowest BCUT2D eigenvalue weighted by atomic mass is 9.77. The van der Waals surface area contributed by atoms with Crippen LogP contribution in [-0.4, -0.2) is 53.3 Å². The van der Waals surface area contributed by atoms with E-state index in [0.29, 0.717) is 22.5 Å². The molecule has 314 valence electrons. The number of fused-ring (bicyclic) bond motifs is 2. The number of alkyl halides is 8. The SMILES string of the molecule is CS.Cn1nc(N)c2c(Cl)ccc(-c3ccc(C#CC4(O)CC(F)(F)C4)nc3C(Cc3cc(F)cc(F)c3)NC(=O)Cn3nc(C(F)F)c4c3C(F)(F)CCC4(F)F)c21. The third-order valence-corrected chi connectivity index (χ3v) is 9.99. The number of amides is 1. The van der Waals surface area contributed by atoms with E-state index in [9.17, 15) is 45.0 Å². The van der Waals surface area contributed by atoms with Crippen molar-refractivity contribution < 1.29 is 53.8 Å². The van der Waals surface area contributed by atoms with Crippen LogP contribution < -0.4 is 11.1 Å². The molecule has 3 aromatic heterocycles. The number of hydrogen-bond acceptors (Lipinski definition) is 7. The Bertz CT molecular complexity index is 2490. The predicted molar refractivity (Wildman–Crippen MR) is 199 cm³/mol. The molecular formula is C38H32ClF10N7O2S. The minimum atomic E-state index is -4.12. The van der Waals surface area contributed by atoms with Crippen LogP contribution in [0.25, 0.3) is 22.0 Å². The molecule has 1 unspecified atom stereocenters. The minimum absolute atomic E-state index is 0.0232. The van der Waals surface area contributed by atoms with E-state index in [0.717, 1.165) is 12.1 Å². The van der Waals surface area contributed by atoms with Gasteiger partial charge in [-0.1, -0.05) is 23.6 Å². The van der Waals surface area contributed by atoms with Crippen LogP contribution in [0.3, 0.4) is 0 Å². The number of nitrogens with zero attached hydrogens (tertiary/aromatic N) is 5. The van der Waals surface area contributed by atoms with E-state index in [-0.39, 0.29) is 38.0 Å². The number of nitrogens with one attached hydrogen (secondary N) is 1. The molecule has 21 heteroatoms. The molecule has 0 spiro atoms. The number of halogens is 11. The lowest BCUT2D eigenvalue weighted by Gasteiger charge is -2.39. The van der Waals surface area contributed by atoms with Gasteiger partial charge in [0, 0.05) is 37.1 Å². The molecule has 2 aromatic carbocycles. The quantitative estimate of drug-likeness (QED) is 0.0706. The van der Waals surface area contributed by atoms with Gasteiger partial charge >= 0.3 is 0 Å². The van der Waals surface area contributed by atoms with Crippen LogP contribution in [0.2, 0.25) is 5.02 Å². The topological polar surface area (TPSA) is 124 Å². The van der Waals surface area contributed by atoms with Crippen LogP contribution in [0, 0.1) is 23.5 Å². The molecule has 1 saturated carbocycles. The third-order valence-electron chi connectivity index (χ3n) is 9.68. The van der Waals surface area contributed by atoms with Gasteiger partial charge in [0.15, 0.2) is 5.82 Å². The maximum Gasteiger partial charge on any atom is 0.290 e. The van der Waals surface area contributed by atoms with Gasteiger partial charge in [-0.25, -0.2) is 40.1 Å². The maximum atomic E-state index is 15.2. The van der Waals surface area contributed by atoms with Crippen molar-refractivity contribution in [3.63, 3.8) is 0 Å². The van der Waals surface area contributed by atoms with Crippen LogP contribution in [0.15, 0.2) is 42.5 Å². The Kier molecular flexibility index (Phi) is 11.7. The number of hydrogen-bond donors (Lipinski definition) is 4. The average molecular weight is 876 g/mol. The lowest BCUT2D eigenvalue weighted by Crippen LogP contribution is -2.50. The molecule has 7 rings (SSSR count). The van der Waals surface area contributed by atoms with Gasteiger partial charge in [0.2, 0.25) is 5.91 Å². The van der Waals surface area contributed by atoms with E-state index >= 15 is 8.78 Å². The number of pyridine rings is 1. The van der Waals surface area contributed by atoms with Crippen molar-refractivity contribution in [2.45, 2.75) is 74.5 Å². The maximum absolute atomic E-state index is 15.2. The fourth-order valence-electron chi connectivity index (χ4n) is 7.33. The van der Waals surface area contributed by atoms with Crippen LogP contribution in [-0.2, 0) is 36.7 Å². The number of benzene rings is 2. The molecule has 0 bridgehead atoms. The van der Waals surface area contributed by atoms with E-state index in [4.69, 9.17) is 17.3 Å². The zero-order valence-corrected chi connectivity index (χ0v) is 32.4. The Labute approximate surface area is 339 Å². The summed E-state index contributed by atoms with van der Waals surface area (Å²) in [6, 6.07) is 6.67. The van der Waals surface area contributed by atoms with Crippen molar-refractivity contribution >= 4 is 46.9 Å². The highest BCUT2D eigenvalue weighted by atomic mass is 35.5. The molecule has 0 saturated heterocycles. The number of nitrogens with two attached hydrogens (primary N) is 1. The first-order valence-corrected chi connectivity index (χ1v) is 18.7. The molecule has 1 fully saturated rings. The summed E-state index contributed by atoms with van der Waals surface area (Å²) < 4.78 is 146. The normalized spacial score (nSPS) is 17.6. The number of carbonyl (C=O) groups is 1. The number of anilines is 1. The third kappa shape index (κ3) is 8.68. The van der Waals surface area contributed by atoms with Crippen molar-refractivity contribution in [3.8, 4) is 23.0 Å². The number of carbonyl (C=O) groups excluding carboxylic acids is 1. The summed E-state index contributed by atoms with van der Waals surface area (Å²) in [6.45, 7) is -1.30. The smallest absolute Gasteiger partial charge is 0.290 e. The Morgan fingerprint density at radius 3 is 2.22 bits per heavy atom. The van der Waals surface area contributed by atoms with E-state index in [2.05, 4.69) is 45.0 Å². The molecule has 5 aromatic rings. The fourth-order valence-corrected chi connectivity index (χ4v) is 7.58. The molecule has 2 aliphatic rings. The van der Waals surface area contributed by atoms with Gasteiger partial charge in [0.05, 0.1) is 46.1 Å². The highest BCUT2D eigenvalue weighted by Gasteiger charge is 2.56. The van der Waals surface area contributed by atoms with Crippen molar-refractivity contribution in [1.82, 2.24) is 29.9 Å². The fraction of sp³-hybridized carbons (Fsp3) is 0.368. The molecule has 59 heavy (non-hydrogen) atoms. The number of aliphatic hydroxyl groups is 1. The molecular weight excluding hydrogens is 844 g/mol. The summed E-state index contributed by atoms with van der Waals surface area (Å²) in [5.74, 6) is -9.76. The van der Waals surface area contributed by atoms with Gasteiger partial charge in [-0.05, 0) is 54.5 Å². The van der Waals surface area contributed by atoms with Crippen LogP contribution in [0.5, 0.6) is 0 Å². The van der Waals surface area contributed by atoms with Crippen molar-refractivity contribution in [1.29, 1.82) is 0 Å². The van der Waals surface area contributed by atoms with Gasteiger partial charge in [0.1, 0.15) is 40.9 Å². The monoisotopic (exact) mass is 875 g/mol. The lowest BCUT2D eigenvalue weighted by molar-refractivity contribution is -0.176. The summed E-state index contributed by atoms with van der Waals surface area (Å²) in [7, 11) is 1.53. The van der Waals surface area contributed by atoms with Gasteiger partial charge in [0.25, 0.3) is 24.2 Å². The Balaban J connectivity index is 0.00000288. The van der Waals surface area contributed by atoms with Crippen molar-refractivity contribution in [2.24, 2.45) is 7.05 Å². The van der Waals surface area contributed by atoms with E-state index < -0.39 is 109 Å². The number of aryl methyl sites for hydroxylation is 1. The van der Waals surface area contributed by atoms with Gasteiger partial charge in [-0.15, -0.1) is 0 Å². The molecule has 0 aliphatic heterocycles. The first-order valence-electron chi connectivity index (χ1n) is 17.5. The van der Waals surface area contributed by atoms with Gasteiger partial charge in [-0.2, -0.15) is 31.6 Å². The predicted octanol–water partition coefficient (Wildman–Crippen LogP) is 8.42. The number of aromatic nitrogens is 5. The van der Waals surface area contributed by atoms with E-state index in [1.165, 1.54) is 36.0 Å². The zero-order chi connectivity index (χ0) is 43.4. The first-order chi connectivity index (χ1) is 27.6. The molecule has 1 amide bonds. The van der Waals surface area contributed by atoms with Crippen LogP contribution in [0.4, 0.5) is 49.7 Å². The Morgan fingerprint density at radius 1 is 0.966 bits per heavy atom. The molecule has 9 nitrogen and oxygen atoms in total. The summed E-state index contributed by atoms with van der Waals surface area (Å²) in [5, 5.41) is 21.0. The number of rotatable bonds is 8. The van der Waals surface area contributed by atoms with E-state index in [1.54, 1.807) is 6.26 Å². The molecule has 0 radical (unpaired) electrons. The second kappa shape index (κ2) is 15.9. The van der Waals surface area contributed by atoms with Gasteiger partial charge in [-0.3, -0.25) is 14.2 Å². The highest BCUT2D eigenvalue weighted by molar-refractivity contribution is 7.79. The summed E-state index contributed by atoms with van der Waals surface area (Å²) >= 11 is 9.98. The summed E-state index contributed by atoms with van der Waals surface area (Å²) in [5.41, 5.74) is -0.369. The average Bonchev–Trinajstić information content (AvgIpc) is 3.68. The molecule has 4 N–H and O–H groups in total. The zero-order valence-electron chi connectivity index (χ0n) is 30.7. The molecule has 2 aliphatic carbocycles. The van der Waals surface area contributed by atoms with Crippen LogP contribution >= 0.6 is 24.2 Å². The van der Waals surface area contributed by atoms with Gasteiger partial charge < -0.3 is 16.2 Å². The summed E-state index contributed by atoms with van der Waals surface area (Å²) in [4.78, 5) is 18.4. The Morgan fingerprint density at radius 2 is 1.59 bits per heavy atom. The standard InChI is InChI=1S/C37H28ClF10N7O2.CH4S/c1-54-30-22(4-5-23(38)26(30)33(49)53-54)21-3-2-20(6-7-34(57)15-35(43,44)16-34)50-28(21)24(12-17-10-18(39)13-19(40)11-17)51-25(56)14-55-31-27(29(52-55)32(41)42)36(45,46)8-9-37(31,47)48;1-2/h2-5,10-11,13,24,32,57H,8-9,12,14-16H2,1H3,(H2,49,53)(H,51,56);2H,1H3. The number of thiol groups is 1.